The van der Waals surface area contributed by atoms with E-state index in [-0.39, 0.29) is 22.8 Å². The number of rotatable bonds is 3. The number of halogens is 1. The third-order valence-electron chi connectivity index (χ3n) is 2.85. The van der Waals surface area contributed by atoms with Crippen LogP contribution in [0.2, 0.25) is 0 Å². The van der Waals surface area contributed by atoms with Crippen LogP contribution in [0.5, 0.6) is 11.5 Å². The van der Waals surface area contributed by atoms with Crippen LogP contribution in [-0.4, -0.2) is 26.2 Å². The van der Waals surface area contributed by atoms with Gasteiger partial charge >= 0.3 is 6.09 Å². The molecule has 1 aromatic carbocycles. The minimum absolute atomic E-state index is 0.190. The number of hydrogen-bond donors (Lipinski definition) is 3. The van der Waals surface area contributed by atoms with Gasteiger partial charge in [0.2, 0.25) is 0 Å². The lowest BCUT2D eigenvalue weighted by atomic mass is 10.3. The van der Waals surface area contributed by atoms with Crippen molar-refractivity contribution >= 4 is 22.9 Å². The van der Waals surface area contributed by atoms with Crippen molar-refractivity contribution in [3.05, 3.63) is 52.8 Å². The number of fused-ring (bicyclic) bond motifs is 1. The second kappa shape index (κ2) is 5.72. The van der Waals surface area contributed by atoms with Gasteiger partial charge in [0.05, 0.1) is 11.9 Å². The average molecular weight is 316 g/mol. The van der Waals surface area contributed by atoms with Gasteiger partial charge in [0.25, 0.3) is 5.56 Å². The molecule has 3 N–H and O–H groups in total. The Hall–Kier alpha value is -3.49. The summed E-state index contributed by atoms with van der Waals surface area (Å²) >= 11 is 0. The summed E-state index contributed by atoms with van der Waals surface area (Å²) in [6, 6.07) is 5.11. The molecule has 2 aromatic heterocycles. The number of ether oxygens (including phenoxy) is 1. The Bertz CT molecular complexity index is 957. The number of carboxylic acid groups (broad SMARTS) is 1. The van der Waals surface area contributed by atoms with Crippen molar-refractivity contribution in [3.8, 4) is 11.5 Å². The van der Waals surface area contributed by atoms with E-state index in [1.54, 1.807) is 0 Å². The molecule has 0 saturated carbocycles. The zero-order valence-electron chi connectivity index (χ0n) is 11.4. The number of aromatic nitrogens is 3. The molecule has 1 amide bonds. The molecule has 0 atom stereocenters. The number of nitrogens with zero attached hydrogens (tertiary/aromatic N) is 2. The van der Waals surface area contributed by atoms with Crippen LogP contribution < -0.4 is 15.6 Å². The molecule has 0 aliphatic heterocycles. The van der Waals surface area contributed by atoms with Gasteiger partial charge in [-0.15, -0.1) is 0 Å². The monoisotopic (exact) mass is 316 g/mol. The molecule has 0 spiro atoms. The minimum Gasteiger partial charge on any atom is -0.465 e. The first-order valence-electron chi connectivity index (χ1n) is 6.34. The number of pyridine rings is 1. The lowest BCUT2D eigenvalue weighted by Gasteiger charge is -2.09. The van der Waals surface area contributed by atoms with Crippen molar-refractivity contribution in [3.63, 3.8) is 0 Å². The molecule has 0 aliphatic rings. The van der Waals surface area contributed by atoms with Gasteiger partial charge in [0, 0.05) is 18.3 Å². The van der Waals surface area contributed by atoms with Crippen LogP contribution in [0.25, 0.3) is 11.2 Å². The molecule has 0 radical (unpaired) electrons. The van der Waals surface area contributed by atoms with E-state index in [9.17, 15) is 14.0 Å². The highest BCUT2D eigenvalue weighted by Crippen LogP contribution is 2.29. The molecule has 9 heteroatoms. The first-order valence-corrected chi connectivity index (χ1v) is 6.34. The van der Waals surface area contributed by atoms with Crippen molar-refractivity contribution < 1.29 is 19.0 Å². The van der Waals surface area contributed by atoms with Gasteiger partial charge in [0.15, 0.2) is 11.4 Å². The average Bonchev–Trinajstić information content (AvgIpc) is 2.50. The summed E-state index contributed by atoms with van der Waals surface area (Å²) < 4.78 is 19.1. The first-order chi connectivity index (χ1) is 11.0. The number of amides is 1. The number of hydrogen-bond acceptors (Lipinski definition) is 5. The van der Waals surface area contributed by atoms with Gasteiger partial charge < -0.3 is 14.8 Å². The van der Waals surface area contributed by atoms with E-state index in [0.29, 0.717) is 5.52 Å². The summed E-state index contributed by atoms with van der Waals surface area (Å²) in [6.45, 7) is 0. The van der Waals surface area contributed by atoms with Crippen LogP contribution in [0.1, 0.15) is 0 Å². The second-order valence-electron chi connectivity index (χ2n) is 4.43. The third-order valence-corrected chi connectivity index (χ3v) is 2.85. The Morgan fingerprint density at radius 2 is 2.13 bits per heavy atom. The van der Waals surface area contributed by atoms with Gasteiger partial charge in [-0.2, -0.15) is 0 Å². The fourth-order valence-electron chi connectivity index (χ4n) is 1.91. The van der Waals surface area contributed by atoms with Crippen LogP contribution >= 0.6 is 0 Å². The van der Waals surface area contributed by atoms with Crippen LogP contribution in [0, 0.1) is 5.82 Å². The third kappa shape index (κ3) is 3.07. The number of H-pyrrole nitrogens is 1. The van der Waals surface area contributed by atoms with E-state index in [4.69, 9.17) is 9.84 Å². The smallest absolute Gasteiger partial charge is 0.409 e. The Balaban J connectivity index is 1.99. The van der Waals surface area contributed by atoms with Crippen molar-refractivity contribution in [1.29, 1.82) is 0 Å². The highest BCUT2D eigenvalue weighted by Gasteiger charge is 2.10. The van der Waals surface area contributed by atoms with Gasteiger partial charge in [0.1, 0.15) is 17.1 Å². The van der Waals surface area contributed by atoms with Crippen molar-refractivity contribution in [2.75, 3.05) is 5.32 Å². The van der Waals surface area contributed by atoms with E-state index in [2.05, 4.69) is 15.0 Å². The molecule has 116 valence electrons. The van der Waals surface area contributed by atoms with Crippen molar-refractivity contribution in [2.45, 2.75) is 0 Å². The summed E-state index contributed by atoms with van der Waals surface area (Å²) in [5, 5.41) is 10.6. The fraction of sp³-hybridized carbons (Fsp3) is 0. The number of carbonyl (C=O) groups is 1. The van der Waals surface area contributed by atoms with Crippen molar-refractivity contribution in [2.24, 2.45) is 0 Å². The molecule has 0 aliphatic carbocycles. The Kier molecular flexibility index (Phi) is 3.59. The summed E-state index contributed by atoms with van der Waals surface area (Å²) in [5.41, 5.74) is -0.100. The van der Waals surface area contributed by atoms with E-state index >= 15 is 0 Å². The molecular formula is C14H9FN4O4. The summed E-state index contributed by atoms with van der Waals surface area (Å²) in [5.74, 6) is -0.267. The van der Waals surface area contributed by atoms with Crippen LogP contribution in [0.3, 0.4) is 0 Å². The highest BCUT2D eigenvalue weighted by atomic mass is 19.1. The van der Waals surface area contributed by atoms with Gasteiger partial charge in [-0.25, -0.2) is 19.2 Å². The van der Waals surface area contributed by atoms with Gasteiger partial charge in [-0.1, -0.05) is 0 Å². The van der Waals surface area contributed by atoms with E-state index < -0.39 is 17.5 Å². The number of anilines is 1. The molecule has 3 aromatic rings. The number of aromatic amines is 1. The zero-order chi connectivity index (χ0) is 16.4. The predicted molar refractivity (Wildman–Crippen MR) is 78.3 cm³/mol. The van der Waals surface area contributed by atoms with Crippen LogP contribution in [0.4, 0.5) is 14.9 Å². The molecular weight excluding hydrogens is 307 g/mol. The molecule has 2 heterocycles. The van der Waals surface area contributed by atoms with Crippen LogP contribution in [-0.2, 0) is 0 Å². The minimum atomic E-state index is -1.39. The molecule has 0 bridgehead atoms. The van der Waals surface area contributed by atoms with E-state index in [0.717, 1.165) is 12.3 Å². The SMILES string of the molecule is O=C(O)Nc1cc(Oc2ccnc3[nH]c(=O)cnc23)ccc1F. The summed E-state index contributed by atoms with van der Waals surface area (Å²) in [7, 11) is 0. The largest absolute Gasteiger partial charge is 0.465 e. The Labute approximate surface area is 127 Å². The Morgan fingerprint density at radius 1 is 1.30 bits per heavy atom. The topological polar surface area (TPSA) is 117 Å². The van der Waals surface area contributed by atoms with Crippen LogP contribution in [0.15, 0.2) is 41.5 Å². The van der Waals surface area contributed by atoms with Gasteiger partial charge in [-0.05, 0) is 12.1 Å². The summed E-state index contributed by atoms with van der Waals surface area (Å²) in [4.78, 5) is 32.3. The first kappa shape index (κ1) is 14.4. The Morgan fingerprint density at radius 3 is 2.91 bits per heavy atom. The zero-order valence-corrected chi connectivity index (χ0v) is 11.4. The second-order valence-corrected chi connectivity index (χ2v) is 4.43. The molecule has 23 heavy (non-hydrogen) atoms. The molecule has 0 saturated heterocycles. The predicted octanol–water partition coefficient (Wildman–Crippen LogP) is 2.34. The number of benzene rings is 1. The molecule has 0 fully saturated rings. The standard InChI is InChI=1S/C14H9FN4O4/c15-8-2-1-7(5-9(8)18-14(21)22)23-10-3-4-16-13-12(10)17-6-11(20)19-13/h1-6,18H,(H,21,22)(H,16,19,20). The normalized spacial score (nSPS) is 10.5. The molecule has 8 nitrogen and oxygen atoms in total. The van der Waals surface area contributed by atoms with Crippen molar-refractivity contribution in [1.82, 2.24) is 15.0 Å². The molecule has 0 unspecified atom stereocenters. The summed E-state index contributed by atoms with van der Waals surface area (Å²) in [6.07, 6.45) is 1.10. The van der Waals surface area contributed by atoms with E-state index in [1.807, 2.05) is 5.32 Å². The maximum atomic E-state index is 13.5. The lowest BCUT2D eigenvalue weighted by molar-refractivity contribution is 0.209. The fourth-order valence-corrected chi connectivity index (χ4v) is 1.91. The van der Waals surface area contributed by atoms with E-state index in [1.165, 1.54) is 24.4 Å². The quantitative estimate of drug-likeness (QED) is 0.682. The lowest BCUT2D eigenvalue weighted by Crippen LogP contribution is -2.09. The maximum absolute atomic E-state index is 13.5. The molecule has 3 rings (SSSR count). The maximum Gasteiger partial charge on any atom is 0.409 e. The number of nitrogens with one attached hydrogen (secondary N) is 2. The van der Waals surface area contributed by atoms with Gasteiger partial charge in [-0.3, -0.25) is 10.1 Å². The highest BCUT2D eigenvalue weighted by molar-refractivity contribution is 5.83.